The highest BCUT2D eigenvalue weighted by Gasteiger charge is 2.25. The maximum atomic E-state index is 12.9. The van der Waals surface area contributed by atoms with Crippen LogP contribution in [0.1, 0.15) is 83.9 Å². The number of nitrogens with zero attached hydrogens (tertiary/aromatic N) is 3. The van der Waals surface area contributed by atoms with E-state index in [1.54, 1.807) is 49.1 Å². The summed E-state index contributed by atoms with van der Waals surface area (Å²) in [6.07, 6.45) is 19.3. The second-order valence-corrected chi connectivity index (χ2v) is 13.2. The molecule has 9 heteroatoms. The Kier molecular flexibility index (Phi) is 9.85. The molecule has 0 spiro atoms. The summed E-state index contributed by atoms with van der Waals surface area (Å²) in [6.45, 7) is 0. The lowest BCUT2D eigenvalue weighted by Crippen LogP contribution is -2.18. The number of hydrogen-bond donors (Lipinski definition) is 1. The molecule has 1 N–H and O–H groups in total. The monoisotopic (exact) mass is 620 g/mol. The van der Waals surface area contributed by atoms with Crippen LogP contribution < -0.4 is 5.32 Å². The van der Waals surface area contributed by atoms with E-state index in [1.807, 2.05) is 48.6 Å². The van der Waals surface area contributed by atoms with E-state index in [4.69, 9.17) is 9.40 Å². The van der Waals surface area contributed by atoms with Crippen LogP contribution in [0.2, 0.25) is 0 Å². The highest BCUT2D eigenvalue weighted by molar-refractivity contribution is 7.89. The first kappa shape index (κ1) is 30.5. The number of rotatable bonds is 12. The van der Waals surface area contributed by atoms with Crippen molar-refractivity contribution in [1.29, 1.82) is 0 Å². The zero-order chi connectivity index (χ0) is 31.0. The van der Waals surface area contributed by atoms with Gasteiger partial charge in [-0.15, -0.1) is 0 Å². The molecule has 45 heavy (non-hydrogen) atoms. The lowest BCUT2D eigenvalue weighted by atomic mass is 9.77. The number of carbonyl (C=O) groups excluding carboxylic acids is 2. The van der Waals surface area contributed by atoms with Crippen LogP contribution in [0.3, 0.4) is 0 Å². The van der Waals surface area contributed by atoms with E-state index in [1.165, 1.54) is 0 Å². The van der Waals surface area contributed by atoms with Crippen molar-refractivity contribution in [3.63, 3.8) is 0 Å². The Morgan fingerprint density at radius 2 is 1.69 bits per heavy atom. The van der Waals surface area contributed by atoms with Crippen molar-refractivity contribution in [2.75, 3.05) is 5.32 Å². The van der Waals surface area contributed by atoms with Crippen LogP contribution in [0, 0.1) is 11.8 Å². The Morgan fingerprint density at radius 1 is 0.911 bits per heavy atom. The number of nitrogens with one attached hydrogen (secondary N) is 1. The van der Waals surface area contributed by atoms with Crippen molar-refractivity contribution < 1.29 is 18.2 Å². The van der Waals surface area contributed by atoms with E-state index in [2.05, 4.69) is 15.3 Å². The fourth-order valence-corrected chi connectivity index (χ4v) is 7.16. The standard InChI is InChI=1S/C36H36N4O4S/c41-33(16-7-25-3-5-26(6-4-25)24-34(42)35-2-1-23-44-35)28-8-12-29(13-9-28)39-36-38-22-19-32(40-36)27-10-14-30(15-11-27)45(43)31-17-20-37-21-18-31/h1-2,8-10,12-15,17-23,25-27H,3-7,11,16,24H2,(H,38,39,40). The minimum atomic E-state index is -1.24. The van der Waals surface area contributed by atoms with Gasteiger partial charge < -0.3 is 9.73 Å². The number of allylic oxidation sites excluding steroid dienone is 3. The van der Waals surface area contributed by atoms with Gasteiger partial charge >= 0.3 is 0 Å². The third-order valence-electron chi connectivity index (χ3n) is 8.68. The largest absolute Gasteiger partial charge is 0.461 e. The van der Waals surface area contributed by atoms with Gasteiger partial charge in [0.1, 0.15) is 0 Å². The molecular formula is C36H36N4O4S. The van der Waals surface area contributed by atoms with Gasteiger partial charge in [0.15, 0.2) is 17.3 Å². The Labute approximate surface area is 265 Å². The molecule has 2 aliphatic carbocycles. The summed E-state index contributed by atoms with van der Waals surface area (Å²) in [5, 5.41) is 3.25. The fourth-order valence-electron chi connectivity index (χ4n) is 6.07. The number of aromatic nitrogens is 3. The molecule has 0 bridgehead atoms. The molecule has 1 aromatic carbocycles. The number of carbonyl (C=O) groups is 2. The molecule has 230 valence electrons. The number of benzene rings is 1. The van der Waals surface area contributed by atoms with Gasteiger partial charge in [-0.1, -0.05) is 25.0 Å². The molecule has 1 saturated carbocycles. The summed E-state index contributed by atoms with van der Waals surface area (Å²) in [6, 6.07) is 16.4. The molecule has 2 atom stereocenters. The summed E-state index contributed by atoms with van der Waals surface area (Å²) < 4.78 is 18.1. The van der Waals surface area contributed by atoms with Crippen LogP contribution in [0.5, 0.6) is 0 Å². The Hall–Kier alpha value is -4.50. The van der Waals surface area contributed by atoms with E-state index in [-0.39, 0.29) is 17.5 Å². The zero-order valence-electron chi connectivity index (χ0n) is 25.0. The van der Waals surface area contributed by atoms with E-state index >= 15 is 0 Å². The fraction of sp³-hybridized carbons (Fsp3) is 0.306. The average Bonchev–Trinajstić information content (AvgIpc) is 3.64. The Bertz CT molecular complexity index is 1690. The molecule has 3 aromatic heterocycles. The molecule has 2 unspecified atom stereocenters. The van der Waals surface area contributed by atoms with Crippen molar-refractivity contribution in [3.8, 4) is 0 Å². The average molecular weight is 621 g/mol. The van der Waals surface area contributed by atoms with Crippen LogP contribution in [0.25, 0.3) is 0 Å². The van der Waals surface area contributed by atoms with Crippen molar-refractivity contribution >= 4 is 34.0 Å². The van der Waals surface area contributed by atoms with E-state index in [0.717, 1.165) is 53.3 Å². The first-order valence-corrected chi connectivity index (χ1v) is 16.7. The van der Waals surface area contributed by atoms with Crippen LogP contribution in [0.4, 0.5) is 11.6 Å². The van der Waals surface area contributed by atoms with Gasteiger partial charge in [-0.05, 0) is 98.2 Å². The van der Waals surface area contributed by atoms with Gasteiger partial charge in [-0.3, -0.25) is 14.6 Å². The van der Waals surface area contributed by atoms with Crippen LogP contribution in [-0.4, -0.2) is 30.7 Å². The van der Waals surface area contributed by atoms with Crippen molar-refractivity contribution in [1.82, 2.24) is 15.0 Å². The number of anilines is 2. The third-order valence-corrected chi connectivity index (χ3v) is 10.1. The molecule has 1 fully saturated rings. The lowest BCUT2D eigenvalue weighted by molar-refractivity contribution is 0.0913. The van der Waals surface area contributed by atoms with Gasteiger partial charge in [0.2, 0.25) is 5.95 Å². The molecule has 4 aromatic rings. The van der Waals surface area contributed by atoms with Crippen LogP contribution in [-0.2, 0) is 10.8 Å². The molecule has 3 heterocycles. The first-order chi connectivity index (χ1) is 22.0. The van der Waals surface area contributed by atoms with E-state index < -0.39 is 10.8 Å². The minimum absolute atomic E-state index is 0.0611. The first-order valence-electron chi connectivity index (χ1n) is 15.5. The van der Waals surface area contributed by atoms with Gasteiger partial charge in [-0.2, -0.15) is 0 Å². The highest BCUT2D eigenvalue weighted by atomic mass is 32.2. The second-order valence-electron chi connectivity index (χ2n) is 11.7. The molecular weight excluding hydrogens is 584 g/mol. The number of hydrogen-bond acceptors (Lipinski definition) is 8. The number of Topliss-reactive ketones (excluding diaryl/α,β-unsaturated/α-hetero) is 2. The van der Waals surface area contributed by atoms with Gasteiger partial charge in [-0.25, -0.2) is 14.2 Å². The Morgan fingerprint density at radius 3 is 2.40 bits per heavy atom. The summed E-state index contributed by atoms with van der Waals surface area (Å²) in [5.74, 6) is 2.16. The summed E-state index contributed by atoms with van der Waals surface area (Å²) in [4.78, 5) is 39.9. The zero-order valence-corrected chi connectivity index (χ0v) is 25.8. The lowest BCUT2D eigenvalue weighted by Gasteiger charge is -2.27. The van der Waals surface area contributed by atoms with Gasteiger partial charge in [0, 0.05) is 58.4 Å². The normalized spacial score (nSPS) is 20.3. The minimum Gasteiger partial charge on any atom is -0.461 e. The van der Waals surface area contributed by atoms with E-state index in [9.17, 15) is 13.8 Å². The maximum absolute atomic E-state index is 12.9. The van der Waals surface area contributed by atoms with E-state index in [0.29, 0.717) is 48.4 Å². The van der Waals surface area contributed by atoms with Crippen molar-refractivity contribution in [2.45, 2.75) is 62.2 Å². The van der Waals surface area contributed by atoms with Crippen molar-refractivity contribution in [3.05, 3.63) is 120 Å². The molecule has 0 aliphatic heterocycles. The molecule has 6 rings (SSSR count). The smallest absolute Gasteiger partial charge is 0.227 e. The molecule has 0 saturated heterocycles. The summed E-state index contributed by atoms with van der Waals surface area (Å²) in [5.41, 5.74) is 2.38. The van der Waals surface area contributed by atoms with Crippen molar-refractivity contribution in [2.24, 2.45) is 11.8 Å². The quantitative estimate of drug-likeness (QED) is 0.159. The maximum Gasteiger partial charge on any atom is 0.227 e. The van der Waals surface area contributed by atoms with Gasteiger partial charge in [0.25, 0.3) is 0 Å². The summed E-state index contributed by atoms with van der Waals surface area (Å²) in [7, 11) is -1.24. The second kappa shape index (κ2) is 14.5. The number of furan rings is 1. The number of pyridine rings is 1. The molecule has 0 radical (unpaired) electrons. The molecule has 8 nitrogen and oxygen atoms in total. The SMILES string of the molecule is O=C(CCC1CCC(CC(=O)c2ccco2)CC1)c1ccc(Nc2nccc(C3C=CC(S(=O)c4ccncc4)=CC3)n2)cc1. The molecule has 0 amide bonds. The van der Waals surface area contributed by atoms with Crippen LogP contribution in [0.15, 0.2) is 112 Å². The third kappa shape index (κ3) is 7.97. The predicted molar refractivity (Wildman–Crippen MR) is 174 cm³/mol. The van der Waals surface area contributed by atoms with Gasteiger partial charge in [0.05, 0.1) is 22.8 Å². The highest BCUT2D eigenvalue weighted by Crippen LogP contribution is 2.34. The Balaban J connectivity index is 0.958. The topological polar surface area (TPSA) is 115 Å². The van der Waals surface area contributed by atoms with Crippen LogP contribution >= 0.6 is 0 Å². The number of ketones is 2. The molecule has 2 aliphatic rings. The summed E-state index contributed by atoms with van der Waals surface area (Å²) >= 11 is 0. The predicted octanol–water partition coefficient (Wildman–Crippen LogP) is 7.99.